The van der Waals surface area contributed by atoms with Crippen LogP contribution in [0.3, 0.4) is 0 Å². The topological polar surface area (TPSA) is 63.2 Å². The van der Waals surface area contributed by atoms with Crippen molar-refractivity contribution in [1.29, 1.82) is 0 Å². The Balaban J connectivity index is 1.99. The maximum absolute atomic E-state index is 12.0. The molecule has 1 amide bonds. The number of rotatable bonds is 4. The summed E-state index contributed by atoms with van der Waals surface area (Å²) in [5.74, 6) is -0.140. The number of hydrogen-bond donors (Lipinski definition) is 1. The molecule has 1 N–H and O–H groups in total. The van der Waals surface area contributed by atoms with E-state index in [0.29, 0.717) is 0 Å². The lowest BCUT2D eigenvalue weighted by Gasteiger charge is -2.12. The molecule has 2 rings (SSSR count). The van der Waals surface area contributed by atoms with Crippen molar-refractivity contribution in [2.24, 2.45) is 0 Å². The molecule has 18 heavy (non-hydrogen) atoms. The SMILES string of the molecule is CS(=O)(=O)CCNC(=O)c1scc2c1CCCC2. The largest absolute Gasteiger partial charge is 0.350 e. The number of fused-ring (bicyclic) bond motifs is 1. The molecule has 0 unspecified atom stereocenters. The van der Waals surface area contributed by atoms with Gasteiger partial charge in [0.1, 0.15) is 9.84 Å². The monoisotopic (exact) mass is 287 g/mol. The van der Waals surface area contributed by atoms with Crippen molar-refractivity contribution in [3.63, 3.8) is 0 Å². The Labute approximate surface area is 111 Å². The van der Waals surface area contributed by atoms with E-state index in [2.05, 4.69) is 10.7 Å². The van der Waals surface area contributed by atoms with Crippen LogP contribution in [0.4, 0.5) is 0 Å². The molecule has 1 aromatic heterocycles. The second-order valence-corrected chi connectivity index (χ2v) is 7.80. The molecule has 0 spiro atoms. The Bertz CT molecular complexity index is 546. The van der Waals surface area contributed by atoms with E-state index < -0.39 is 9.84 Å². The third-order valence-corrected chi connectivity index (χ3v) is 5.08. The van der Waals surface area contributed by atoms with Crippen LogP contribution in [-0.2, 0) is 22.7 Å². The van der Waals surface area contributed by atoms with Gasteiger partial charge < -0.3 is 5.32 Å². The van der Waals surface area contributed by atoms with Crippen molar-refractivity contribution in [2.45, 2.75) is 25.7 Å². The molecule has 1 aromatic rings. The summed E-state index contributed by atoms with van der Waals surface area (Å²) in [6.07, 6.45) is 5.52. The first kappa shape index (κ1) is 13.5. The Morgan fingerprint density at radius 3 is 2.83 bits per heavy atom. The fourth-order valence-corrected chi connectivity index (χ4v) is 3.69. The summed E-state index contributed by atoms with van der Waals surface area (Å²) >= 11 is 1.47. The number of aryl methyl sites for hydroxylation is 1. The van der Waals surface area contributed by atoms with Gasteiger partial charge in [-0.3, -0.25) is 4.79 Å². The molecule has 100 valence electrons. The number of amides is 1. The van der Waals surface area contributed by atoms with Crippen molar-refractivity contribution in [1.82, 2.24) is 5.32 Å². The molecule has 1 aliphatic rings. The number of carbonyl (C=O) groups is 1. The molecular weight excluding hydrogens is 270 g/mol. The normalized spacial score (nSPS) is 15.2. The molecule has 6 heteroatoms. The Kier molecular flexibility index (Phi) is 4.07. The molecule has 0 aromatic carbocycles. The van der Waals surface area contributed by atoms with Gasteiger partial charge in [0.2, 0.25) is 0 Å². The van der Waals surface area contributed by atoms with Crippen LogP contribution in [0.15, 0.2) is 5.38 Å². The van der Waals surface area contributed by atoms with Crippen molar-refractivity contribution < 1.29 is 13.2 Å². The Hall–Kier alpha value is -0.880. The maximum atomic E-state index is 12.0. The summed E-state index contributed by atoms with van der Waals surface area (Å²) in [6.45, 7) is 0.185. The standard InChI is InChI=1S/C12H17NO3S2/c1-18(15,16)7-6-13-12(14)11-10-5-3-2-4-9(10)8-17-11/h8H,2-7H2,1H3,(H,13,14). The highest BCUT2D eigenvalue weighted by Gasteiger charge is 2.20. The average molecular weight is 287 g/mol. The predicted molar refractivity (Wildman–Crippen MR) is 73.0 cm³/mol. The van der Waals surface area contributed by atoms with E-state index >= 15 is 0 Å². The van der Waals surface area contributed by atoms with Crippen LogP contribution in [0.1, 0.15) is 33.6 Å². The summed E-state index contributed by atoms with van der Waals surface area (Å²) < 4.78 is 22.0. The van der Waals surface area contributed by atoms with Crippen molar-refractivity contribution in [3.05, 3.63) is 21.4 Å². The van der Waals surface area contributed by atoms with Gasteiger partial charge in [0.15, 0.2) is 0 Å². The number of sulfone groups is 1. The minimum atomic E-state index is -3.02. The minimum absolute atomic E-state index is 0.00763. The van der Waals surface area contributed by atoms with Crippen LogP contribution in [-0.4, -0.2) is 32.9 Å². The molecular formula is C12H17NO3S2. The lowest BCUT2D eigenvalue weighted by atomic mass is 9.94. The zero-order chi connectivity index (χ0) is 13.2. The van der Waals surface area contributed by atoms with Gasteiger partial charge in [0.05, 0.1) is 10.6 Å². The molecule has 0 atom stereocenters. The molecule has 0 saturated carbocycles. The molecule has 0 radical (unpaired) electrons. The van der Waals surface area contributed by atoms with Crippen LogP contribution in [0.25, 0.3) is 0 Å². The zero-order valence-electron chi connectivity index (χ0n) is 10.4. The highest BCUT2D eigenvalue weighted by molar-refractivity contribution is 7.90. The van der Waals surface area contributed by atoms with Gasteiger partial charge >= 0.3 is 0 Å². The second kappa shape index (κ2) is 5.40. The highest BCUT2D eigenvalue weighted by Crippen LogP contribution is 2.29. The lowest BCUT2D eigenvalue weighted by molar-refractivity contribution is 0.0959. The fraction of sp³-hybridized carbons (Fsp3) is 0.583. The van der Waals surface area contributed by atoms with Crippen LogP contribution >= 0.6 is 11.3 Å². The molecule has 4 nitrogen and oxygen atoms in total. The van der Waals surface area contributed by atoms with Gasteiger partial charge in [-0.1, -0.05) is 0 Å². The van der Waals surface area contributed by atoms with Gasteiger partial charge in [-0.25, -0.2) is 8.42 Å². The first-order chi connectivity index (χ1) is 8.47. The van der Waals surface area contributed by atoms with E-state index in [9.17, 15) is 13.2 Å². The first-order valence-electron chi connectivity index (χ1n) is 6.02. The molecule has 1 heterocycles. The van der Waals surface area contributed by atoms with Crippen molar-refractivity contribution in [2.75, 3.05) is 18.6 Å². The molecule has 0 bridgehead atoms. The summed E-state index contributed by atoms with van der Waals surface area (Å²) in [5, 5.41) is 4.74. The number of thiophene rings is 1. The van der Waals surface area contributed by atoms with E-state index in [0.717, 1.165) is 24.1 Å². The van der Waals surface area contributed by atoms with Gasteiger partial charge in [-0.2, -0.15) is 0 Å². The molecule has 0 aliphatic heterocycles. The Morgan fingerprint density at radius 1 is 1.39 bits per heavy atom. The van der Waals surface area contributed by atoms with Crippen LogP contribution < -0.4 is 5.32 Å². The van der Waals surface area contributed by atoms with Gasteiger partial charge in [0.25, 0.3) is 5.91 Å². The van der Waals surface area contributed by atoms with E-state index in [-0.39, 0.29) is 18.2 Å². The molecule has 0 fully saturated rings. The third kappa shape index (κ3) is 3.32. The minimum Gasteiger partial charge on any atom is -0.350 e. The fourth-order valence-electron chi connectivity index (χ4n) is 2.14. The number of nitrogens with one attached hydrogen (secondary N) is 1. The van der Waals surface area contributed by atoms with Gasteiger partial charge in [-0.15, -0.1) is 11.3 Å². The van der Waals surface area contributed by atoms with Crippen molar-refractivity contribution in [3.8, 4) is 0 Å². The van der Waals surface area contributed by atoms with Crippen molar-refractivity contribution >= 4 is 27.1 Å². The first-order valence-corrected chi connectivity index (χ1v) is 8.96. The number of carbonyl (C=O) groups excluding carboxylic acids is 1. The second-order valence-electron chi connectivity index (χ2n) is 4.66. The number of hydrogen-bond acceptors (Lipinski definition) is 4. The van der Waals surface area contributed by atoms with Gasteiger partial charge in [0, 0.05) is 12.8 Å². The summed E-state index contributed by atoms with van der Waals surface area (Å²) in [7, 11) is -3.02. The molecule has 1 aliphatic carbocycles. The van der Waals surface area contributed by atoms with E-state index in [1.165, 1.54) is 35.1 Å². The van der Waals surface area contributed by atoms with Crippen LogP contribution in [0, 0.1) is 0 Å². The summed E-state index contributed by atoms with van der Waals surface area (Å²) in [5.41, 5.74) is 2.46. The van der Waals surface area contributed by atoms with E-state index in [1.54, 1.807) is 0 Å². The third-order valence-electron chi connectivity index (χ3n) is 3.07. The van der Waals surface area contributed by atoms with Crippen LogP contribution in [0.5, 0.6) is 0 Å². The quantitative estimate of drug-likeness (QED) is 0.910. The smallest absolute Gasteiger partial charge is 0.261 e. The Morgan fingerprint density at radius 2 is 2.11 bits per heavy atom. The molecule has 0 saturated heterocycles. The summed E-state index contributed by atoms with van der Waals surface area (Å²) in [4.78, 5) is 12.7. The van der Waals surface area contributed by atoms with E-state index in [1.807, 2.05) is 0 Å². The average Bonchev–Trinajstić information content (AvgIpc) is 2.70. The van der Waals surface area contributed by atoms with Gasteiger partial charge in [-0.05, 0) is 42.2 Å². The van der Waals surface area contributed by atoms with Crippen LogP contribution in [0.2, 0.25) is 0 Å². The zero-order valence-corrected chi connectivity index (χ0v) is 12.0. The van der Waals surface area contributed by atoms with E-state index in [4.69, 9.17) is 0 Å². The predicted octanol–water partition coefficient (Wildman–Crippen LogP) is 1.40. The highest BCUT2D eigenvalue weighted by atomic mass is 32.2. The maximum Gasteiger partial charge on any atom is 0.261 e. The lowest BCUT2D eigenvalue weighted by Crippen LogP contribution is -2.29. The summed E-state index contributed by atoms with van der Waals surface area (Å²) in [6, 6.07) is 0.